The zero-order valence-corrected chi connectivity index (χ0v) is 9.96. The lowest BCUT2D eigenvalue weighted by molar-refractivity contribution is 0.218. The molecule has 0 spiro atoms. The van der Waals surface area contributed by atoms with Gasteiger partial charge in [-0.15, -0.1) is 0 Å². The summed E-state index contributed by atoms with van der Waals surface area (Å²) < 4.78 is 0. The molecule has 0 aliphatic heterocycles. The molecule has 0 aliphatic rings. The van der Waals surface area contributed by atoms with Gasteiger partial charge in [0.1, 0.15) is 5.75 Å². The van der Waals surface area contributed by atoms with Crippen LogP contribution in [0.4, 0.5) is 0 Å². The molecule has 0 bridgehead atoms. The third-order valence-electron chi connectivity index (χ3n) is 2.93. The number of rotatable bonds is 3. The summed E-state index contributed by atoms with van der Waals surface area (Å²) in [6.45, 7) is 8.10. The first kappa shape index (κ1) is 12.1. The standard InChI is InChI=1S/C13H20O2/c1-5-10-7-11(13(3,4)8-14)9(2)6-12(10)15/h6-7,14-15H,5,8H2,1-4H3. The van der Waals surface area contributed by atoms with Crippen molar-refractivity contribution in [3.63, 3.8) is 0 Å². The molecule has 0 aliphatic carbocycles. The van der Waals surface area contributed by atoms with Crippen molar-refractivity contribution in [2.45, 2.75) is 39.5 Å². The predicted molar refractivity (Wildman–Crippen MR) is 62.3 cm³/mol. The van der Waals surface area contributed by atoms with Gasteiger partial charge in [-0.1, -0.05) is 26.8 Å². The van der Waals surface area contributed by atoms with Crippen LogP contribution in [0.5, 0.6) is 5.75 Å². The van der Waals surface area contributed by atoms with Gasteiger partial charge < -0.3 is 10.2 Å². The molecule has 0 radical (unpaired) electrons. The molecule has 2 nitrogen and oxygen atoms in total. The molecule has 2 heteroatoms. The normalized spacial score (nSPS) is 11.8. The van der Waals surface area contributed by atoms with Gasteiger partial charge >= 0.3 is 0 Å². The van der Waals surface area contributed by atoms with E-state index >= 15 is 0 Å². The minimum Gasteiger partial charge on any atom is -0.508 e. The second-order valence-corrected chi connectivity index (χ2v) is 4.69. The van der Waals surface area contributed by atoms with Crippen LogP contribution in [0.3, 0.4) is 0 Å². The number of phenols is 1. The largest absolute Gasteiger partial charge is 0.508 e. The van der Waals surface area contributed by atoms with Crippen LogP contribution in [0, 0.1) is 6.92 Å². The van der Waals surface area contributed by atoms with E-state index in [1.54, 1.807) is 6.07 Å². The van der Waals surface area contributed by atoms with Crippen molar-refractivity contribution in [3.05, 3.63) is 28.8 Å². The monoisotopic (exact) mass is 208 g/mol. The van der Waals surface area contributed by atoms with Gasteiger partial charge in [-0.05, 0) is 36.1 Å². The SMILES string of the molecule is CCc1cc(C(C)(C)CO)c(C)cc1O. The highest BCUT2D eigenvalue weighted by Gasteiger charge is 2.22. The number of aromatic hydroxyl groups is 1. The van der Waals surface area contributed by atoms with E-state index in [0.717, 1.165) is 23.1 Å². The number of aliphatic hydroxyl groups excluding tert-OH is 1. The second-order valence-electron chi connectivity index (χ2n) is 4.69. The van der Waals surface area contributed by atoms with Crippen molar-refractivity contribution in [3.8, 4) is 5.75 Å². The Bertz CT molecular complexity index is 354. The van der Waals surface area contributed by atoms with Crippen LogP contribution in [0.2, 0.25) is 0 Å². The molecular formula is C13H20O2. The Kier molecular flexibility index (Phi) is 3.40. The lowest BCUT2D eigenvalue weighted by Crippen LogP contribution is -2.23. The van der Waals surface area contributed by atoms with Crippen LogP contribution in [0.1, 0.15) is 37.5 Å². The Hall–Kier alpha value is -1.02. The number of phenolic OH excluding ortho intramolecular Hbond substituents is 1. The molecule has 1 aromatic rings. The summed E-state index contributed by atoms with van der Waals surface area (Å²) >= 11 is 0. The Morgan fingerprint density at radius 2 is 1.87 bits per heavy atom. The van der Waals surface area contributed by atoms with E-state index in [2.05, 4.69) is 0 Å². The van der Waals surface area contributed by atoms with E-state index in [0.29, 0.717) is 5.75 Å². The smallest absolute Gasteiger partial charge is 0.119 e. The highest BCUT2D eigenvalue weighted by molar-refractivity contribution is 5.44. The molecular weight excluding hydrogens is 188 g/mol. The molecule has 0 fully saturated rings. The summed E-state index contributed by atoms with van der Waals surface area (Å²) in [5.74, 6) is 0.354. The molecule has 0 atom stereocenters. The summed E-state index contributed by atoms with van der Waals surface area (Å²) in [6, 6.07) is 3.78. The summed E-state index contributed by atoms with van der Waals surface area (Å²) in [7, 11) is 0. The maximum Gasteiger partial charge on any atom is 0.119 e. The molecule has 0 saturated heterocycles. The van der Waals surface area contributed by atoms with Crippen LogP contribution in [-0.2, 0) is 11.8 Å². The van der Waals surface area contributed by atoms with Crippen LogP contribution in [0.25, 0.3) is 0 Å². The highest BCUT2D eigenvalue weighted by Crippen LogP contribution is 2.31. The summed E-state index contributed by atoms with van der Waals surface area (Å²) in [5, 5.41) is 19.0. The van der Waals surface area contributed by atoms with Gasteiger partial charge in [0.2, 0.25) is 0 Å². The lowest BCUT2D eigenvalue weighted by Gasteiger charge is -2.25. The number of aliphatic hydroxyl groups is 1. The van der Waals surface area contributed by atoms with Gasteiger partial charge in [0.05, 0.1) is 6.61 Å². The molecule has 1 rings (SSSR count). The number of benzene rings is 1. The van der Waals surface area contributed by atoms with Gasteiger partial charge in [0.25, 0.3) is 0 Å². The minimum absolute atomic E-state index is 0.113. The molecule has 1 aromatic carbocycles. The molecule has 0 amide bonds. The minimum atomic E-state index is -0.248. The Balaban J connectivity index is 3.30. The first-order valence-corrected chi connectivity index (χ1v) is 5.36. The summed E-state index contributed by atoms with van der Waals surface area (Å²) in [4.78, 5) is 0. The number of hydrogen-bond donors (Lipinski definition) is 2. The van der Waals surface area contributed by atoms with Crippen molar-refractivity contribution < 1.29 is 10.2 Å². The Morgan fingerprint density at radius 3 is 2.33 bits per heavy atom. The van der Waals surface area contributed by atoms with Crippen molar-refractivity contribution >= 4 is 0 Å². The van der Waals surface area contributed by atoms with Gasteiger partial charge in [-0.3, -0.25) is 0 Å². The molecule has 2 N–H and O–H groups in total. The van der Waals surface area contributed by atoms with E-state index in [1.807, 2.05) is 33.8 Å². The predicted octanol–water partition coefficient (Wildman–Crippen LogP) is 2.53. The highest BCUT2D eigenvalue weighted by atomic mass is 16.3. The summed E-state index contributed by atoms with van der Waals surface area (Å²) in [6.07, 6.45) is 0.806. The average Bonchev–Trinajstić information content (AvgIpc) is 2.17. The van der Waals surface area contributed by atoms with Crippen molar-refractivity contribution in [2.75, 3.05) is 6.61 Å². The fraction of sp³-hybridized carbons (Fsp3) is 0.538. The van der Waals surface area contributed by atoms with Crippen LogP contribution >= 0.6 is 0 Å². The third kappa shape index (κ3) is 2.32. The maximum absolute atomic E-state index is 9.69. The van der Waals surface area contributed by atoms with Crippen LogP contribution < -0.4 is 0 Å². The zero-order chi connectivity index (χ0) is 11.6. The van der Waals surface area contributed by atoms with Crippen molar-refractivity contribution in [1.82, 2.24) is 0 Å². The molecule has 0 unspecified atom stereocenters. The van der Waals surface area contributed by atoms with E-state index in [-0.39, 0.29) is 12.0 Å². The van der Waals surface area contributed by atoms with Gasteiger partial charge in [-0.25, -0.2) is 0 Å². The van der Waals surface area contributed by atoms with Crippen molar-refractivity contribution in [1.29, 1.82) is 0 Å². The molecule has 0 heterocycles. The van der Waals surface area contributed by atoms with Crippen molar-refractivity contribution in [2.24, 2.45) is 0 Å². The lowest BCUT2D eigenvalue weighted by atomic mass is 9.81. The van der Waals surface area contributed by atoms with Gasteiger partial charge in [0, 0.05) is 5.41 Å². The first-order valence-electron chi connectivity index (χ1n) is 5.36. The third-order valence-corrected chi connectivity index (χ3v) is 2.93. The number of aryl methyl sites for hydroxylation is 2. The van der Waals surface area contributed by atoms with Crippen LogP contribution in [-0.4, -0.2) is 16.8 Å². The molecule has 0 aromatic heterocycles. The first-order chi connectivity index (χ1) is 6.92. The van der Waals surface area contributed by atoms with Gasteiger partial charge in [-0.2, -0.15) is 0 Å². The average molecular weight is 208 g/mol. The quantitative estimate of drug-likeness (QED) is 0.801. The van der Waals surface area contributed by atoms with E-state index in [9.17, 15) is 10.2 Å². The topological polar surface area (TPSA) is 40.5 Å². The van der Waals surface area contributed by atoms with E-state index < -0.39 is 0 Å². The van der Waals surface area contributed by atoms with Crippen LogP contribution in [0.15, 0.2) is 12.1 Å². The number of hydrogen-bond acceptors (Lipinski definition) is 2. The maximum atomic E-state index is 9.69. The fourth-order valence-electron chi connectivity index (χ4n) is 1.84. The summed E-state index contributed by atoms with van der Waals surface area (Å²) in [5.41, 5.74) is 2.84. The molecule has 15 heavy (non-hydrogen) atoms. The second kappa shape index (κ2) is 4.23. The Morgan fingerprint density at radius 1 is 1.27 bits per heavy atom. The molecule has 0 saturated carbocycles. The molecule has 84 valence electrons. The zero-order valence-electron chi connectivity index (χ0n) is 9.96. The van der Waals surface area contributed by atoms with E-state index in [1.165, 1.54) is 0 Å². The fourth-order valence-corrected chi connectivity index (χ4v) is 1.84. The Labute approximate surface area is 91.6 Å². The van der Waals surface area contributed by atoms with E-state index in [4.69, 9.17) is 0 Å². The van der Waals surface area contributed by atoms with Gasteiger partial charge in [0.15, 0.2) is 0 Å².